The fraction of sp³-hybridized carbons (Fsp3) is 0.571. The van der Waals surface area contributed by atoms with E-state index in [0.717, 1.165) is 55.8 Å². The molecule has 4 nitrogen and oxygen atoms in total. The molecule has 2 aromatic rings. The van der Waals surface area contributed by atoms with Crippen LogP contribution in [-0.2, 0) is 11.3 Å². The number of nitrogens with zero attached hydrogens (tertiary/aromatic N) is 3. The van der Waals surface area contributed by atoms with Crippen LogP contribution in [0.1, 0.15) is 31.4 Å². The molecule has 1 unspecified atom stereocenters. The molecule has 140 valence electrons. The van der Waals surface area contributed by atoms with E-state index >= 15 is 0 Å². The molecule has 2 fully saturated rings. The Balaban J connectivity index is 1.40. The van der Waals surface area contributed by atoms with Crippen LogP contribution < -0.4 is 0 Å². The molecule has 0 saturated carbocycles. The first kappa shape index (κ1) is 17.8. The van der Waals surface area contributed by atoms with Gasteiger partial charge in [0.25, 0.3) is 0 Å². The van der Waals surface area contributed by atoms with Gasteiger partial charge in [-0.25, -0.2) is 4.39 Å². The maximum absolute atomic E-state index is 13.3. The van der Waals surface area contributed by atoms with Gasteiger partial charge in [0.2, 0.25) is 0 Å². The topological polar surface area (TPSA) is 28.6 Å². The van der Waals surface area contributed by atoms with Gasteiger partial charge in [-0.3, -0.25) is 9.88 Å². The van der Waals surface area contributed by atoms with Gasteiger partial charge in [-0.15, -0.1) is 0 Å². The summed E-state index contributed by atoms with van der Waals surface area (Å²) in [7, 11) is 0. The highest BCUT2D eigenvalue weighted by Gasteiger charge is 2.22. The van der Waals surface area contributed by atoms with Crippen molar-refractivity contribution in [2.24, 2.45) is 0 Å². The summed E-state index contributed by atoms with van der Waals surface area (Å²) < 4.78 is 19.4. The fourth-order valence-electron chi connectivity index (χ4n) is 4.11. The van der Waals surface area contributed by atoms with Gasteiger partial charge in [0.15, 0.2) is 0 Å². The molecule has 1 aromatic heterocycles. The Bertz CT molecular complexity index is 732. The zero-order valence-electron chi connectivity index (χ0n) is 15.4. The summed E-state index contributed by atoms with van der Waals surface area (Å²) in [5.74, 6) is -0.211. The van der Waals surface area contributed by atoms with Crippen molar-refractivity contribution in [2.45, 2.75) is 38.3 Å². The van der Waals surface area contributed by atoms with E-state index in [1.54, 1.807) is 12.1 Å². The van der Waals surface area contributed by atoms with Gasteiger partial charge in [0.1, 0.15) is 5.82 Å². The van der Waals surface area contributed by atoms with Gasteiger partial charge in [0, 0.05) is 38.2 Å². The second kappa shape index (κ2) is 8.42. The molecule has 2 aliphatic heterocycles. The molecule has 0 bridgehead atoms. The smallest absolute Gasteiger partial charge is 0.123 e. The number of fused-ring (bicyclic) bond motifs is 1. The van der Waals surface area contributed by atoms with Gasteiger partial charge in [-0.2, -0.15) is 0 Å². The Hall–Kier alpha value is -1.56. The van der Waals surface area contributed by atoms with Gasteiger partial charge < -0.3 is 9.64 Å². The van der Waals surface area contributed by atoms with E-state index in [-0.39, 0.29) is 11.9 Å². The summed E-state index contributed by atoms with van der Waals surface area (Å²) in [5.41, 5.74) is 1.91. The maximum Gasteiger partial charge on any atom is 0.123 e. The standard InChI is InChI=1S/C21H28FN3O/c22-18-6-8-21-17(13-18)5-7-19(23-21)14-25-11-4-12-26-20(16-25)15-24-9-2-1-3-10-24/h5-8,13,20H,1-4,9-12,14-16H2. The van der Waals surface area contributed by atoms with E-state index in [2.05, 4.69) is 9.80 Å². The van der Waals surface area contributed by atoms with E-state index in [1.165, 1.54) is 38.4 Å². The maximum atomic E-state index is 13.3. The molecule has 2 aliphatic rings. The lowest BCUT2D eigenvalue weighted by Crippen LogP contribution is -2.42. The van der Waals surface area contributed by atoms with Crippen molar-refractivity contribution in [2.75, 3.05) is 39.3 Å². The van der Waals surface area contributed by atoms with E-state index < -0.39 is 0 Å². The number of ether oxygens (including phenoxy) is 1. The van der Waals surface area contributed by atoms with E-state index in [9.17, 15) is 4.39 Å². The average molecular weight is 357 g/mol. The second-order valence-electron chi connectivity index (χ2n) is 7.58. The van der Waals surface area contributed by atoms with Crippen LogP contribution in [0.4, 0.5) is 4.39 Å². The average Bonchev–Trinajstić information content (AvgIpc) is 2.87. The lowest BCUT2D eigenvalue weighted by atomic mass is 10.1. The zero-order chi connectivity index (χ0) is 17.8. The van der Waals surface area contributed by atoms with Crippen molar-refractivity contribution in [3.05, 3.63) is 41.8 Å². The van der Waals surface area contributed by atoms with E-state index in [0.29, 0.717) is 0 Å². The quantitative estimate of drug-likeness (QED) is 0.838. The SMILES string of the molecule is Fc1ccc2nc(CN3CCCOC(CN4CCCCC4)C3)ccc2c1. The zero-order valence-corrected chi connectivity index (χ0v) is 15.4. The molecule has 0 amide bonds. The fourth-order valence-corrected chi connectivity index (χ4v) is 4.11. The number of rotatable bonds is 4. The number of piperidine rings is 1. The van der Waals surface area contributed by atoms with Crippen molar-refractivity contribution in [1.82, 2.24) is 14.8 Å². The van der Waals surface area contributed by atoms with Crippen LogP contribution >= 0.6 is 0 Å². The molecule has 0 aliphatic carbocycles. The third-order valence-corrected chi connectivity index (χ3v) is 5.44. The predicted molar refractivity (Wildman–Crippen MR) is 102 cm³/mol. The van der Waals surface area contributed by atoms with Crippen LogP contribution in [0.25, 0.3) is 10.9 Å². The van der Waals surface area contributed by atoms with Crippen LogP contribution in [0.3, 0.4) is 0 Å². The summed E-state index contributed by atoms with van der Waals surface area (Å²) >= 11 is 0. The predicted octanol–water partition coefficient (Wildman–Crippen LogP) is 3.45. The van der Waals surface area contributed by atoms with Gasteiger partial charge in [0.05, 0.1) is 17.3 Å². The van der Waals surface area contributed by atoms with Crippen molar-refractivity contribution in [3.63, 3.8) is 0 Å². The minimum absolute atomic E-state index is 0.211. The number of aromatic nitrogens is 1. The minimum Gasteiger partial charge on any atom is -0.376 e. The molecule has 5 heteroatoms. The second-order valence-corrected chi connectivity index (χ2v) is 7.58. The van der Waals surface area contributed by atoms with E-state index in [4.69, 9.17) is 9.72 Å². The molecule has 4 rings (SSSR count). The molecule has 0 radical (unpaired) electrons. The third kappa shape index (κ3) is 4.58. The first-order valence-corrected chi connectivity index (χ1v) is 9.88. The number of hydrogen-bond acceptors (Lipinski definition) is 4. The molecule has 26 heavy (non-hydrogen) atoms. The molecule has 3 heterocycles. The number of hydrogen-bond donors (Lipinski definition) is 0. The van der Waals surface area contributed by atoms with Crippen LogP contribution in [0, 0.1) is 5.82 Å². The molecule has 0 spiro atoms. The lowest BCUT2D eigenvalue weighted by Gasteiger charge is -2.31. The Morgan fingerprint density at radius 3 is 2.73 bits per heavy atom. The highest BCUT2D eigenvalue weighted by atomic mass is 19.1. The Kier molecular flexibility index (Phi) is 5.78. The number of likely N-dealkylation sites (tertiary alicyclic amines) is 1. The Morgan fingerprint density at radius 1 is 1.00 bits per heavy atom. The number of halogens is 1. The van der Waals surface area contributed by atoms with Crippen LogP contribution in [0.15, 0.2) is 30.3 Å². The summed E-state index contributed by atoms with van der Waals surface area (Å²) in [6.07, 6.45) is 5.35. The van der Waals surface area contributed by atoms with Gasteiger partial charge >= 0.3 is 0 Å². The Labute approximate surface area is 154 Å². The molecule has 1 aromatic carbocycles. The van der Waals surface area contributed by atoms with Crippen molar-refractivity contribution in [1.29, 1.82) is 0 Å². The normalized spacial score (nSPS) is 23.2. The first-order chi connectivity index (χ1) is 12.8. The highest BCUT2D eigenvalue weighted by molar-refractivity contribution is 5.78. The largest absolute Gasteiger partial charge is 0.376 e. The van der Waals surface area contributed by atoms with E-state index in [1.807, 2.05) is 12.1 Å². The van der Waals surface area contributed by atoms with Crippen molar-refractivity contribution < 1.29 is 9.13 Å². The monoisotopic (exact) mass is 357 g/mol. The molecule has 1 atom stereocenters. The third-order valence-electron chi connectivity index (χ3n) is 5.44. The molecular formula is C21H28FN3O. The summed E-state index contributed by atoms with van der Waals surface area (Å²) in [6.45, 7) is 7.14. The van der Waals surface area contributed by atoms with Crippen molar-refractivity contribution >= 4 is 10.9 Å². The highest BCUT2D eigenvalue weighted by Crippen LogP contribution is 2.17. The summed E-state index contributed by atoms with van der Waals surface area (Å²) in [6, 6.07) is 8.78. The van der Waals surface area contributed by atoms with Crippen LogP contribution in [0.5, 0.6) is 0 Å². The van der Waals surface area contributed by atoms with Gasteiger partial charge in [-0.05, 0) is 56.6 Å². The lowest BCUT2D eigenvalue weighted by molar-refractivity contribution is 0.0216. The van der Waals surface area contributed by atoms with Gasteiger partial charge in [-0.1, -0.05) is 12.5 Å². The number of benzene rings is 1. The summed E-state index contributed by atoms with van der Waals surface area (Å²) in [4.78, 5) is 9.74. The molecule has 2 saturated heterocycles. The Morgan fingerprint density at radius 2 is 1.85 bits per heavy atom. The van der Waals surface area contributed by atoms with Crippen molar-refractivity contribution in [3.8, 4) is 0 Å². The van der Waals surface area contributed by atoms with Crippen LogP contribution in [0.2, 0.25) is 0 Å². The number of pyridine rings is 1. The minimum atomic E-state index is -0.211. The summed E-state index contributed by atoms with van der Waals surface area (Å²) in [5, 5.41) is 0.857. The first-order valence-electron chi connectivity index (χ1n) is 9.88. The molecular weight excluding hydrogens is 329 g/mol. The molecule has 0 N–H and O–H groups in total. The van der Waals surface area contributed by atoms with Crippen LogP contribution in [-0.4, -0.2) is 60.2 Å².